The van der Waals surface area contributed by atoms with Crippen LogP contribution in [0.5, 0.6) is 12.0 Å². The van der Waals surface area contributed by atoms with Crippen LogP contribution in [0.2, 0.25) is 61.4 Å². The Labute approximate surface area is 717 Å². The van der Waals surface area contributed by atoms with E-state index in [0.29, 0.717) is 81.3 Å². The highest BCUT2D eigenvalue weighted by Crippen LogP contribution is 2.40. The lowest BCUT2D eigenvalue weighted by Gasteiger charge is -2.32. The van der Waals surface area contributed by atoms with Crippen LogP contribution in [0.1, 0.15) is 40.5 Å². The second-order valence-corrected chi connectivity index (χ2v) is 52.9. The van der Waals surface area contributed by atoms with Crippen LogP contribution in [-0.2, 0) is 82.0 Å². The number of rotatable bonds is 24. The van der Waals surface area contributed by atoms with Crippen LogP contribution in [0.4, 0.5) is 17.1 Å². The molecule has 36 heteroatoms. The third-order valence-corrected chi connectivity index (χ3v) is 30.6. The van der Waals surface area contributed by atoms with E-state index in [9.17, 15) is 22.8 Å². The number of nitrogens with zero attached hydrogens (tertiary/aromatic N) is 10. The van der Waals surface area contributed by atoms with Gasteiger partial charge in [-0.3, -0.25) is 9.13 Å². The highest BCUT2D eigenvalue weighted by atomic mass is 79.9. The van der Waals surface area contributed by atoms with Gasteiger partial charge in [-0.25, -0.2) is 31.2 Å². The van der Waals surface area contributed by atoms with Crippen LogP contribution >= 0.6 is 55.1 Å². The Balaban J connectivity index is 0.000000156. The van der Waals surface area contributed by atoms with Crippen molar-refractivity contribution in [2.24, 2.45) is 8.73 Å². The number of imidazole rings is 2. The maximum absolute atomic E-state index is 12.9. The van der Waals surface area contributed by atoms with Gasteiger partial charge in [0.05, 0.1) is 70.4 Å². The summed E-state index contributed by atoms with van der Waals surface area (Å²) in [6.07, 6.45) is 3.44. The Kier molecular flexibility index (Phi) is 28.6. The maximum atomic E-state index is 12.9. The van der Waals surface area contributed by atoms with Gasteiger partial charge in [0.2, 0.25) is 0 Å². The van der Waals surface area contributed by atoms with E-state index in [1.807, 2.05) is 167 Å². The Hall–Kier alpha value is -5.65. The first-order valence-corrected chi connectivity index (χ1v) is 54.2. The number of halogens is 4. The van der Waals surface area contributed by atoms with E-state index in [1.165, 1.54) is 0 Å². The Bertz CT molecular complexity index is 5230. The van der Waals surface area contributed by atoms with Crippen molar-refractivity contribution in [2.75, 3.05) is 89.3 Å². The smallest absolute Gasteiger partial charge is 0.456 e. The highest BCUT2D eigenvalue weighted by Gasteiger charge is 2.53. The van der Waals surface area contributed by atoms with E-state index in [4.69, 9.17) is 90.3 Å². The summed E-state index contributed by atoms with van der Waals surface area (Å²) in [5.41, 5.74) is 9.79. The Morgan fingerprint density at radius 3 is 1.31 bits per heavy atom. The second kappa shape index (κ2) is 37.6. The van der Waals surface area contributed by atoms with Gasteiger partial charge in [0.15, 0.2) is 23.5 Å². The van der Waals surface area contributed by atoms with Gasteiger partial charge in [-0.1, -0.05) is 155 Å². The quantitative estimate of drug-likeness (QED) is 0.0374. The average Bonchev–Trinajstić information content (AvgIpc) is 1.62. The zero-order valence-corrected chi connectivity index (χ0v) is 77.3. The van der Waals surface area contributed by atoms with Crippen molar-refractivity contribution in [3.05, 3.63) is 152 Å². The molecule has 4 aromatic heterocycles. The Morgan fingerprint density at radius 2 is 0.923 bits per heavy atom. The van der Waals surface area contributed by atoms with E-state index in [1.54, 1.807) is 30.9 Å². The van der Waals surface area contributed by atoms with Crippen LogP contribution in [0.15, 0.2) is 151 Å². The molecule has 3 unspecified atom stereocenters. The second-order valence-electron chi connectivity index (χ2n) is 33.4. The molecule has 11 heterocycles. The molecule has 0 aliphatic carbocycles. The summed E-state index contributed by atoms with van der Waals surface area (Å²) in [6, 6.07) is 45.2. The molecule has 630 valence electrons. The predicted octanol–water partition coefficient (Wildman–Crippen LogP) is 15.2. The number of hydrogen-bond donors (Lipinski definition) is 3. The summed E-state index contributed by atoms with van der Waals surface area (Å²) in [4.78, 5) is 19.5. The SMILES string of the molecule is CC1(C)OB(c2ccc(-c3nc4c(cc3Cl)nc(O[C@@H]3CO[C@H]5[C@@H]3OC[C@H]5O)n4COCC[Si](C)(C)C)cc2)OC1(C)C.CS(=O)(=Nc1ccc(Br)cc1)N1CCC1.CS(=O)Nc1ccc(Br)cc1.C[Si](C)(C)CCOCn1c(O[C@@H]2CO[C@H]3[C@@H]2OC[C@H]3O)nc2cc(Cl)c(-c3ccc(-c4ccc(N=S(C)(=O)N5CCC5)cc4)cc3)nc21. The van der Waals surface area contributed by atoms with Crippen molar-refractivity contribution in [1.29, 1.82) is 0 Å². The molecule has 5 aromatic carbocycles. The van der Waals surface area contributed by atoms with Gasteiger partial charge in [0.1, 0.15) is 91.9 Å². The molecule has 16 rings (SSSR count). The van der Waals surface area contributed by atoms with Gasteiger partial charge >= 0.3 is 19.1 Å². The van der Waals surface area contributed by atoms with Crippen LogP contribution in [0, 0.1) is 0 Å². The van der Waals surface area contributed by atoms with Crippen molar-refractivity contribution >= 4 is 154 Å². The number of pyridine rings is 2. The number of ether oxygens (including phenoxy) is 8. The summed E-state index contributed by atoms with van der Waals surface area (Å²) in [5.74, 6) is 0. The number of benzene rings is 5. The molecule has 0 spiro atoms. The number of aromatic nitrogens is 6. The van der Waals surface area contributed by atoms with Gasteiger partial charge < -0.3 is 62.1 Å². The summed E-state index contributed by atoms with van der Waals surface area (Å²) in [7, 11) is -8.60. The summed E-state index contributed by atoms with van der Waals surface area (Å²) in [6.45, 7) is 28.2. The third kappa shape index (κ3) is 22.2. The van der Waals surface area contributed by atoms with Crippen LogP contribution in [0.25, 0.3) is 56.0 Å². The largest absolute Gasteiger partial charge is 0.494 e. The minimum absolute atomic E-state index is 0.210. The first-order valence-electron chi connectivity index (χ1n) is 39.1. The van der Waals surface area contributed by atoms with Crippen molar-refractivity contribution in [3.8, 4) is 45.7 Å². The molecule has 117 heavy (non-hydrogen) atoms. The highest BCUT2D eigenvalue weighted by molar-refractivity contribution is 9.10. The normalized spacial score (nSPS) is 23.3. The van der Waals surface area contributed by atoms with E-state index < -0.39 is 102 Å². The monoisotopic (exact) mass is 1860 g/mol. The zero-order chi connectivity index (χ0) is 83.5. The molecular formula is C81H104BBr2Cl2N11O15S3Si2. The first-order chi connectivity index (χ1) is 55.4. The van der Waals surface area contributed by atoms with E-state index in [2.05, 4.69) is 84.6 Å². The van der Waals surface area contributed by atoms with E-state index in [0.717, 1.165) is 99.1 Å². The Morgan fingerprint density at radius 1 is 0.556 bits per heavy atom. The minimum atomic E-state index is -2.39. The maximum Gasteiger partial charge on any atom is 0.494 e. The van der Waals surface area contributed by atoms with Gasteiger partial charge in [-0.15, -0.1) is 0 Å². The fraction of sp³-hybridized carbons (Fsp3) is 0.481. The summed E-state index contributed by atoms with van der Waals surface area (Å²) >= 11 is 20.3. The van der Waals surface area contributed by atoms with Crippen LogP contribution in [0.3, 0.4) is 0 Å². The number of hydrogen-bond acceptors (Lipinski definition) is 21. The number of anilines is 1. The molecule has 0 radical (unpaired) electrons. The summed E-state index contributed by atoms with van der Waals surface area (Å²) in [5, 5.41) is 21.3. The standard InChI is InChI=1S/C34H42ClN5O6SSi.C30H41BClN3O7Si.C10H13BrN2OS.C7H8BrNOS/c1-47(42,39-14-5-15-39)38-25-12-10-23(11-13-25)22-6-8-24(9-7-22)30-26(35)18-27-33(37-30)40(21-43-16-17-48(2,3)4)34(36-27)46-29-20-45-31-28(41)19-44-32(29)31;1-29(2)30(3,4)42-31(41-29)19-10-8-18(9-11-19)24-20(32)14-21-27(34-24)35(17-37-12-13-43(5,6)7)28(33-21)40-23-16-39-25-22(36)15-38-26(23)25;1-15(14,13-7-2-8-13)12-10-5-3-9(11)4-6-10;1-11(10)9-7-4-2-6(8)3-5-7/h6-13,18,28-29,31-32,41H,5,14-17,19-21H2,1-4H3;8-11,14,22-23,25-26,36H,12-13,15-17H2,1-7H3;3-6H,2,7-8H2,1H3;2-5,9H,1H3/t28-,29-,31-,32-,47?;22-,23-,25-,26-;;/m11../s1. The molecule has 7 saturated heterocycles. The number of fused-ring (bicyclic) bond motifs is 4. The molecule has 7 aliphatic heterocycles. The van der Waals surface area contributed by atoms with Crippen LogP contribution in [-0.4, -0.2) is 228 Å². The number of aliphatic hydroxyl groups excluding tert-OH is 2. The fourth-order valence-corrected chi connectivity index (χ4v) is 19.7. The predicted molar refractivity (Wildman–Crippen MR) is 476 cm³/mol. The van der Waals surface area contributed by atoms with Crippen molar-refractivity contribution in [2.45, 2.75) is 165 Å². The van der Waals surface area contributed by atoms with E-state index in [-0.39, 0.29) is 45.5 Å². The summed E-state index contributed by atoms with van der Waals surface area (Å²) < 4.78 is 117. The molecular weight excluding hydrogens is 1760 g/mol. The van der Waals surface area contributed by atoms with Crippen LogP contribution < -0.4 is 19.7 Å². The molecule has 26 nitrogen and oxygen atoms in total. The molecule has 0 saturated carbocycles. The molecule has 9 aromatic rings. The van der Waals surface area contributed by atoms with Gasteiger partial charge in [-0.2, -0.15) is 18.7 Å². The topological polar surface area (TPSA) is 289 Å². The van der Waals surface area contributed by atoms with Crippen molar-refractivity contribution < 1.29 is 70.0 Å². The van der Waals surface area contributed by atoms with Gasteiger partial charge in [-0.05, 0) is 142 Å². The average molecular weight is 1870 g/mol. The molecule has 7 fully saturated rings. The lowest BCUT2D eigenvalue weighted by molar-refractivity contribution is 0.00332. The zero-order valence-electron chi connectivity index (χ0n) is 68.1. The number of aliphatic hydroxyl groups is 2. The third-order valence-electron chi connectivity index (χ3n) is 21.3. The number of nitrogens with one attached hydrogen (secondary N) is 1. The van der Waals surface area contributed by atoms with Gasteiger partial charge in [0, 0.05) is 100 Å². The molecule has 0 bridgehead atoms. The lowest BCUT2D eigenvalue weighted by atomic mass is 9.79. The fourth-order valence-electron chi connectivity index (χ4n) is 13.5. The molecule has 3 N–H and O–H groups in total. The lowest BCUT2D eigenvalue weighted by Crippen LogP contribution is -2.41. The molecule has 7 aliphatic rings. The van der Waals surface area contributed by atoms with Crippen molar-refractivity contribution in [1.82, 2.24) is 37.7 Å². The molecule has 0 amide bonds. The molecule has 11 atom stereocenters. The van der Waals surface area contributed by atoms with E-state index >= 15 is 0 Å². The minimum Gasteiger partial charge on any atom is -0.456 e. The van der Waals surface area contributed by atoms with Gasteiger partial charge in [0.25, 0.3) is 0 Å². The van der Waals surface area contributed by atoms with Crippen molar-refractivity contribution in [3.63, 3.8) is 0 Å². The first kappa shape index (κ1) is 89.1.